The van der Waals surface area contributed by atoms with Crippen molar-refractivity contribution in [1.82, 2.24) is 4.90 Å². The molecule has 3 rings (SSSR count). The highest BCUT2D eigenvalue weighted by Gasteiger charge is 2.36. The van der Waals surface area contributed by atoms with Crippen molar-refractivity contribution < 1.29 is 5.11 Å². The third-order valence-electron chi connectivity index (χ3n) is 3.83. The minimum absolute atomic E-state index is 0.333. The molecule has 1 aromatic rings. The van der Waals surface area contributed by atoms with Gasteiger partial charge in [-0.25, -0.2) is 0 Å². The Hall–Kier alpha value is -1.22. The Morgan fingerprint density at radius 3 is 2.75 bits per heavy atom. The topological polar surface area (TPSA) is 35.5 Å². The highest BCUT2D eigenvalue weighted by atomic mass is 16.3. The summed E-state index contributed by atoms with van der Waals surface area (Å²) in [5.74, 6) is 0.333. The van der Waals surface area contributed by atoms with Crippen LogP contribution in [0.25, 0.3) is 0 Å². The van der Waals surface area contributed by atoms with Crippen molar-refractivity contribution in [1.29, 1.82) is 0 Å². The molecule has 0 saturated carbocycles. The quantitative estimate of drug-likeness (QED) is 0.746. The Morgan fingerprint density at radius 1 is 1.12 bits per heavy atom. The lowest BCUT2D eigenvalue weighted by Gasteiger charge is -2.22. The van der Waals surface area contributed by atoms with Gasteiger partial charge in [-0.05, 0) is 50.1 Å². The first kappa shape index (κ1) is 9.97. The van der Waals surface area contributed by atoms with E-state index in [-0.39, 0.29) is 0 Å². The standard InChI is InChI=1S/C13H18N2O/c16-11-5-3-10(4-6-11)14-12-7-9-15-8-1-2-13(12)15/h3-6,12-14,16H,1-2,7-9H2. The molecular weight excluding hydrogens is 200 g/mol. The average molecular weight is 218 g/mol. The van der Waals surface area contributed by atoms with Crippen molar-refractivity contribution in [2.75, 3.05) is 18.4 Å². The molecule has 2 unspecified atom stereocenters. The van der Waals surface area contributed by atoms with Crippen molar-refractivity contribution in [2.45, 2.75) is 31.3 Å². The molecule has 2 aliphatic heterocycles. The SMILES string of the molecule is Oc1ccc(NC2CCN3CCCC23)cc1. The monoisotopic (exact) mass is 218 g/mol. The van der Waals surface area contributed by atoms with Crippen molar-refractivity contribution in [2.24, 2.45) is 0 Å². The molecule has 2 fully saturated rings. The van der Waals surface area contributed by atoms with E-state index in [2.05, 4.69) is 10.2 Å². The zero-order valence-electron chi connectivity index (χ0n) is 9.39. The van der Waals surface area contributed by atoms with E-state index in [1.54, 1.807) is 12.1 Å². The molecule has 0 spiro atoms. The summed E-state index contributed by atoms with van der Waals surface area (Å²) in [5.41, 5.74) is 1.12. The second-order valence-electron chi connectivity index (χ2n) is 4.83. The summed E-state index contributed by atoms with van der Waals surface area (Å²) in [6.45, 7) is 2.51. The number of hydrogen-bond donors (Lipinski definition) is 2. The third-order valence-corrected chi connectivity index (χ3v) is 3.83. The minimum atomic E-state index is 0.333. The predicted molar refractivity (Wildman–Crippen MR) is 64.7 cm³/mol. The summed E-state index contributed by atoms with van der Waals surface area (Å²) in [4.78, 5) is 2.60. The Kier molecular flexibility index (Phi) is 2.48. The van der Waals surface area contributed by atoms with Gasteiger partial charge in [0.2, 0.25) is 0 Å². The van der Waals surface area contributed by atoms with Crippen LogP contribution in [0.3, 0.4) is 0 Å². The van der Waals surface area contributed by atoms with Gasteiger partial charge >= 0.3 is 0 Å². The van der Waals surface area contributed by atoms with Crippen molar-refractivity contribution >= 4 is 5.69 Å². The highest BCUT2D eigenvalue weighted by Crippen LogP contribution is 2.30. The lowest BCUT2D eigenvalue weighted by molar-refractivity contribution is 0.318. The number of nitrogens with one attached hydrogen (secondary N) is 1. The Balaban J connectivity index is 1.68. The summed E-state index contributed by atoms with van der Waals surface area (Å²) in [6, 6.07) is 8.70. The molecule has 86 valence electrons. The first-order chi connectivity index (χ1) is 7.83. The molecule has 0 amide bonds. The van der Waals surface area contributed by atoms with E-state index in [4.69, 9.17) is 0 Å². The molecule has 0 radical (unpaired) electrons. The fraction of sp³-hybridized carbons (Fsp3) is 0.538. The van der Waals surface area contributed by atoms with Gasteiger partial charge in [0, 0.05) is 24.3 Å². The molecule has 1 aromatic carbocycles. The fourth-order valence-electron chi connectivity index (χ4n) is 3.02. The number of anilines is 1. The van der Waals surface area contributed by atoms with E-state index in [0.29, 0.717) is 11.8 Å². The number of phenolic OH excluding ortho intramolecular Hbond substituents is 1. The lowest BCUT2D eigenvalue weighted by Crippen LogP contribution is -2.33. The average Bonchev–Trinajstić information content (AvgIpc) is 2.86. The normalized spacial score (nSPS) is 29.2. The van der Waals surface area contributed by atoms with Crippen LogP contribution in [0.1, 0.15) is 19.3 Å². The number of rotatable bonds is 2. The van der Waals surface area contributed by atoms with Gasteiger partial charge < -0.3 is 10.4 Å². The predicted octanol–water partition coefficient (Wildman–Crippen LogP) is 2.04. The first-order valence-electron chi connectivity index (χ1n) is 6.12. The van der Waals surface area contributed by atoms with E-state index >= 15 is 0 Å². The van der Waals surface area contributed by atoms with Gasteiger partial charge in [0.05, 0.1) is 0 Å². The molecule has 2 atom stereocenters. The molecule has 0 aromatic heterocycles. The second-order valence-corrected chi connectivity index (χ2v) is 4.83. The number of aromatic hydroxyl groups is 1. The molecule has 2 saturated heterocycles. The summed E-state index contributed by atoms with van der Waals surface area (Å²) in [5, 5.41) is 12.8. The van der Waals surface area contributed by atoms with Gasteiger partial charge in [0.25, 0.3) is 0 Å². The maximum Gasteiger partial charge on any atom is 0.115 e. The second kappa shape index (κ2) is 3.98. The van der Waals surface area contributed by atoms with E-state index < -0.39 is 0 Å². The van der Waals surface area contributed by atoms with E-state index in [1.807, 2.05) is 12.1 Å². The van der Waals surface area contributed by atoms with Gasteiger partial charge in [-0.15, -0.1) is 0 Å². The molecule has 3 nitrogen and oxygen atoms in total. The largest absolute Gasteiger partial charge is 0.508 e. The van der Waals surface area contributed by atoms with Gasteiger partial charge in [-0.2, -0.15) is 0 Å². The number of benzene rings is 1. The van der Waals surface area contributed by atoms with Crippen LogP contribution in [0.15, 0.2) is 24.3 Å². The minimum Gasteiger partial charge on any atom is -0.508 e. The van der Waals surface area contributed by atoms with Crippen LogP contribution in [-0.4, -0.2) is 35.2 Å². The molecular formula is C13H18N2O. The lowest BCUT2D eigenvalue weighted by atomic mass is 10.1. The Labute approximate surface area is 96.1 Å². The van der Waals surface area contributed by atoms with Gasteiger partial charge in [-0.3, -0.25) is 4.90 Å². The third kappa shape index (κ3) is 1.76. The molecule has 0 aliphatic carbocycles. The Bertz CT molecular complexity index is 363. The van der Waals surface area contributed by atoms with Gasteiger partial charge in [0.15, 0.2) is 0 Å². The number of hydrogen-bond acceptors (Lipinski definition) is 3. The van der Waals surface area contributed by atoms with Gasteiger partial charge in [-0.1, -0.05) is 0 Å². The number of fused-ring (bicyclic) bond motifs is 1. The summed E-state index contributed by atoms with van der Waals surface area (Å²) >= 11 is 0. The van der Waals surface area contributed by atoms with Crippen LogP contribution >= 0.6 is 0 Å². The van der Waals surface area contributed by atoms with Crippen LogP contribution < -0.4 is 5.32 Å². The van der Waals surface area contributed by atoms with Crippen molar-refractivity contribution in [3.05, 3.63) is 24.3 Å². The number of nitrogens with zero attached hydrogens (tertiary/aromatic N) is 1. The van der Waals surface area contributed by atoms with Crippen molar-refractivity contribution in [3.63, 3.8) is 0 Å². The maximum atomic E-state index is 9.23. The number of phenols is 1. The molecule has 2 aliphatic rings. The first-order valence-corrected chi connectivity index (χ1v) is 6.12. The van der Waals surface area contributed by atoms with Gasteiger partial charge in [0.1, 0.15) is 5.75 Å². The van der Waals surface area contributed by atoms with Crippen LogP contribution in [0, 0.1) is 0 Å². The fourth-order valence-corrected chi connectivity index (χ4v) is 3.02. The highest BCUT2D eigenvalue weighted by molar-refractivity contribution is 5.47. The Morgan fingerprint density at radius 2 is 1.94 bits per heavy atom. The maximum absolute atomic E-state index is 9.23. The zero-order valence-corrected chi connectivity index (χ0v) is 9.39. The summed E-state index contributed by atoms with van der Waals surface area (Å²) in [6.07, 6.45) is 3.92. The summed E-state index contributed by atoms with van der Waals surface area (Å²) < 4.78 is 0. The van der Waals surface area contributed by atoms with Crippen LogP contribution in [0.2, 0.25) is 0 Å². The molecule has 2 N–H and O–H groups in total. The molecule has 2 heterocycles. The molecule has 0 bridgehead atoms. The van der Waals surface area contributed by atoms with Crippen LogP contribution in [0.4, 0.5) is 5.69 Å². The summed E-state index contributed by atoms with van der Waals surface area (Å²) in [7, 11) is 0. The molecule has 3 heteroatoms. The zero-order chi connectivity index (χ0) is 11.0. The van der Waals surface area contributed by atoms with Crippen LogP contribution in [0.5, 0.6) is 5.75 Å². The molecule has 16 heavy (non-hydrogen) atoms. The van der Waals surface area contributed by atoms with E-state index in [1.165, 1.54) is 32.4 Å². The van der Waals surface area contributed by atoms with Crippen molar-refractivity contribution in [3.8, 4) is 5.75 Å². The van der Waals surface area contributed by atoms with E-state index in [9.17, 15) is 5.11 Å². The smallest absolute Gasteiger partial charge is 0.115 e. The van der Waals surface area contributed by atoms with Crippen LogP contribution in [-0.2, 0) is 0 Å². The van der Waals surface area contributed by atoms with E-state index in [0.717, 1.165) is 11.7 Å².